The van der Waals surface area contributed by atoms with E-state index < -0.39 is 5.97 Å². The van der Waals surface area contributed by atoms with Gasteiger partial charge in [0.15, 0.2) is 5.43 Å². The summed E-state index contributed by atoms with van der Waals surface area (Å²) in [7, 11) is 0. The number of carboxylic acid groups (broad SMARTS) is 1. The molecule has 132 valence electrons. The smallest absolute Gasteiger partial charge is 0.335 e. The van der Waals surface area contributed by atoms with Gasteiger partial charge in [0.1, 0.15) is 17.2 Å². The second-order valence-electron chi connectivity index (χ2n) is 5.89. The fourth-order valence-electron chi connectivity index (χ4n) is 2.78. The highest BCUT2D eigenvalue weighted by atomic mass is 19.1. The van der Waals surface area contributed by atoms with Gasteiger partial charge >= 0.3 is 5.97 Å². The molecule has 0 aliphatic carbocycles. The minimum atomic E-state index is -1.10. The summed E-state index contributed by atoms with van der Waals surface area (Å²) >= 11 is 0. The minimum absolute atomic E-state index is 0.0295. The number of aromatic carboxylic acids is 1. The molecule has 0 aliphatic heterocycles. The molecule has 1 heterocycles. The van der Waals surface area contributed by atoms with Gasteiger partial charge in [0, 0.05) is 11.1 Å². The Kier molecular flexibility index (Phi) is 4.98. The van der Waals surface area contributed by atoms with Gasteiger partial charge in [0.2, 0.25) is 0 Å². The Bertz CT molecular complexity index is 1060. The minimum Gasteiger partial charge on any atom is -0.478 e. The van der Waals surface area contributed by atoms with Crippen LogP contribution in [0.15, 0.2) is 51.7 Å². The maximum Gasteiger partial charge on any atom is 0.335 e. The molecule has 2 aromatic carbocycles. The number of carbonyl (C=O) groups is 1. The lowest BCUT2D eigenvalue weighted by Crippen LogP contribution is -2.12. The Morgan fingerprint density at radius 2 is 1.96 bits per heavy atom. The Morgan fingerprint density at radius 3 is 2.65 bits per heavy atom. The first-order valence-electron chi connectivity index (χ1n) is 8.27. The van der Waals surface area contributed by atoms with Gasteiger partial charge in [-0.3, -0.25) is 4.79 Å². The fourth-order valence-corrected chi connectivity index (χ4v) is 2.78. The third kappa shape index (κ3) is 3.42. The normalized spacial score (nSPS) is 11.3. The highest BCUT2D eigenvalue weighted by Crippen LogP contribution is 2.21. The summed E-state index contributed by atoms with van der Waals surface area (Å²) in [5.41, 5.74) is 0.911. The van der Waals surface area contributed by atoms with Gasteiger partial charge < -0.3 is 9.52 Å². The molecule has 0 fully saturated rings. The molecule has 26 heavy (non-hydrogen) atoms. The van der Waals surface area contributed by atoms with Crippen molar-refractivity contribution in [1.82, 2.24) is 0 Å². The van der Waals surface area contributed by atoms with Crippen LogP contribution >= 0.6 is 0 Å². The van der Waals surface area contributed by atoms with Gasteiger partial charge in [0.05, 0.1) is 10.9 Å². The third-order valence-electron chi connectivity index (χ3n) is 4.08. The topological polar surface area (TPSA) is 67.5 Å². The second-order valence-corrected chi connectivity index (χ2v) is 5.89. The summed E-state index contributed by atoms with van der Waals surface area (Å²) in [4.78, 5) is 24.0. The zero-order valence-corrected chi connectivity index (χ0v) is 14.2. The van der Waals surface area contributed by atoms with Gasteiger partial charge in [-0.05, 0) is 42.8 Å². The molecule has 0 amide bonds. The molecule has 0 atom stereocenters. The van der Waals surface area contributed by atoms with Crippen molar-refractivity contribution in [2.75, 3.05) is 0 Å². The van der Waals surface area contributed by atoms with Crippen molar-refractivity contribution in [1.29, 1.82) is 0 Å². The quantitative estimate of drug-likeness (QED) is 0.719. The number of halogens is 1. The Hall–Kier alpha value is -3.21. The third-order valence-corrected chi connectivity index (χ3v) is 4.08. The van der Waals surface area contributed by atoms with Crippen molar-refractivity contribution < 1.29 is 18.7 Å². The van der Waals surface area contributed by atoms with E-state index in [1.54, 1.807) is 30.4 Å². The average Bonchev–Trinajstić information content (AvgIpc) is 2.63. The van der Waals surface area contributed by atoms with Crippen molar-refractivity contribution in [3.05, 3.63) is 81.0 Å². The second kappa shape index (κ2) is 7.35. The van der Waals surface area contributed by atoms with Crippen LogP contribution in [-0.4, -0.2) is 11.1 Å². The summed E-state index contributed by atoms with van der Waals surface area (Å²) in [6, 6.07) is 10.5. The van der Waals surface area contributed by atoms with Crippen molar-refractivity contribution in [3.8, 4) is 0 Å². The summed E-state index contributed by atoms with van der Waals surface area (Å²) in [6.07, 6.45) is 4.33. The Labute approximate surface area is 149 Å². The number of hydrogen-bond donors (Lipinski definition) is 1. The summed E-state index contributed by atoms with van der Waals surface area (Å²) in [5, 5.41) is 9.35. The zero-order chi connectivity index (χ0) is 18.7. The first-order valence-corrected chi connectivity index (χ1v) is 8.27. The molecule has 3 aromatic rings. The van der Waals surface area contributed by atoms with Gasteiger partial charge in [-0.25, -0.2) is 9.18 Å². The van der Waals surface area contributed by atoms with E-state index in [0.717, 1.165) is 6.42 Å². The van der Waals surface area contributed by atoms with Crippen molar-refractivity contribution in [3.63, 3.8) is 0 Å². The molecule has 1 aromatic heterocycles. The predicted molar refractivity (Wildman–Crippen MR) is 98.8 cm³/mol. The van der Waals surface area contributed by atoms with E-state index in [-0.39, 0.29) is 22.2 Å². The van der Waals surface area contributed by atoms with Crippen molar-refractivity contribution >= 4 is 29.1 Å². The first kappa shape index (κ1) is 17.6. The molecule has 0 unspecified atom stereocenters. The van der Waals surface area contributed by atoms with Gasteiger partial charge in [-0.2, -0.15) is 0 Å². The van der Waals surface area contributed by atoms with Crippen LogP contribution in [0.5, 0.6) is 0 Å². The molecule has 5 heteroatoms. The van der Waals surface area contributed by atoms with Crippen LogP contribution in [0.1, 0.15) is 40.6 Å². The van der Waals surface area contributed by atoms with Gasteiger partial charge in [-0.1, -0.05) is 31.5 Å². The van der Waals surface area contributed by atoms with Crippen molar-refractivity contribution in [2.45, 2.75) is 19.8 Å². The number of fused-ring (bicyclic) bond motifs is 1. The van der Waals surface area contributed by atoms with E-state index in [0.29, 0.717) is 28.9 Å². The molecule has 4 nitrogen and oxygen atoms in total. The fraction of sp³-hybridized carbons (Fsp3) is 0.143. The van der Waals surface area contributed by atoms with Crippen LogP contribution in [-0.2, 0) is 6.42 Å². The number of carboxylic acids is 1. The molecule has 0 aliphatic rings. The average molecular weight is 352 g/mol. The van der Waals surface area contributed by atoms with Crippen molar-refractivity contribution in [2.24, 2.45) is 0 Å². The maximum atomic E-state index is 13.8. The van der Waals surface area contributed by atoms with Crippen LogP contribution < -0.4 is 5.43 Å². The number of hydrogen-bond acceptors (Lipinski definition) is 3. The molecule has 0 saturated heterocycles. The van der Waals surface area contributed by atoms with E-state index in [2.05, 4.69) is 0 Å². The highest BCUT2D eigenvalue weighted by Gasteiger charge is 2.14. The van der Waals surface area contributed by atoms with E-state index >= 15 is 0 Å². The van der Waals surface area contributed by atoms with Crippen LogP contribution in [0.4, 0.5) is 4.39 Å². The molecule has 0 spiro atoms. The van der Waals surface area contributed by atoms with Crippen LogP contribution in [0, 0.1) is 5.82 Å². The maximum absolute atomic E-state index is 13.8. The van der Waals surface area contributed by atoms with E-state index in [1.807, 2.05) is 6.92 Å². The SMILES string of the molecule is CCCc1c(C=Cc2ccccc2F)oc2ccc(C(=O)O)cc2c1=O. The lowest BCUT2D eigenvalue weighted by molar-refractivity contribution is 0.0697. The number of benzene rings is 2. The zero-order valence-electron chi connectivity index (χ0n) is 14.2. The largest absolute Gasteiger partial charge is 0.478 e. The molecule has 0 bridgehead atoms. The molecule has 3 rings (SSSR count). The van der Waals surface area contributed by atoms with Crippen LogP contribution in [0.25, 0.3) is 23.1 Å². The van der Waals surface area contributed by atoms with E-state index in [4.69, 9.17) is 9.52 Å². The lowest BCUT2D eigenvalue weighted by Gasteiger charge is -2.07. The lowest BCUT2D eigenvalue weighted by atomic mass is 10.0. The monoisotopic (exact) mass is 352 g/mol. The van der Waals surface area contributed by atoms with Gasteiger partial charge in [0.25, 0.3) is 0 Å². The van der Waals surface area contributed by atoms with Crippen LogP contribution in [0.3, 0.4) is 0 Å². The number of rotatable bonds is 5. The highest BCUT2D eigenvalue weighted by molar-refractivity contribution is 5.93. The van der Waals surface area contributed by atoms with Gasteiger partial charge in [-0.15, -0.1) is 0 Å². The summed E-state index contributed by atoms with van der Waals surface area (Å²) in [6.45, 7) is 1.93. The van der Waals surface area contributed by atoms with Crippen LogP contribution in [0.2, 0.25) is 0 Å². The standard InChI is InChI=1S/C21H17FO4/c1-2-5-15-18(10-8-13-6-3-4-7-17(13)22)26-19-11-9-14(21(24)25)12-16(19)20(15)23/h3-4,6-12H,2,5H2,1H3,(H,24,25). The van der Waals surface area contributed by atoms with E-state index in [9.17, 15) is 14.0 Å². The Morgan fingerprint density at radius 1 is 1.19 bits per heavy atom. The molecule has 0 radical (unpaired) electrons. The first-order chi connectivity index (χ1) is 12.5. The molecule has 1 N–H and O–H groups in total. The van der Waals surface area contributed by atoms with E-state index in [1.165, 1.54) is 24.3 Å². The predicted octanol–water partition coefficient (Wildman–Crippen LogP) is 4.75. The summed E-state index contributed by atoms with van der Waals surface area (Å²) in [5.74, 6) is -1.11. The molecular formula is C21H17FO4. The molecule has 0 saturated carbocycles. The Balaban J connectivity index is 2.17. The molecular weight excluding hydrogens is 335 g/mol. The summed E-state index contributed by atoms with van der Waals surface area (Å²) < 4.78 is 19.6.